The van der Waals surface area contributed by atoms with Gasteiger partial charge in [-0.2, -0.15) is 0 Å². The Morgan fingerprint density at radius 2 is 1.74 bits per heavy atom. The van der Waals surface area contributed by atoms with Crippen molar-refractivity contribution in [1.82, 2.24) is 14.8 Å². The molecule has 4 aromatic rings. The summed E-state index contributed by atoms with van der Waals surface area (Å²) in [5.74, 6) is 0.414. The molecule has 1 aromatic heterocycles. The molecule has 7 nitrogen and oxygen atoms in total. The van der Waals surface area contributed by atoms with Crippen LogP contribution in [-0.2, 0) is 6.61 Å². The molecule has 0 fully saturated rings. The van der Waals surface area contributed by atoms with E-state index in [-0.39, 0.29) is 22.4 Å². The molecule has 0 spiro atoms. The van der Waals surface area contributed by atoms with Crippen molar-refractivity contribution >= 4 is 35.0 Å². The van der Waals surface area contributed by atoms with Gasteiger partial charge in [-0.15, -0.1) is 10.2 Å². The fraction of sp³-hybridized carbons (Fsp3) is 0.167. The largest absolute Gasteiger partial charge is 0.486 e. The molecule has 0 saturated heterocycles. The number of benzene rings is 3. The first-order valence-electron chi connectivity index (χ1n) is 10.4. The second kappa shape index (κ2) is 11.1. The molecule has 0 radical (unpaired) electrons. The molecule has 0 N–H and O–H groups in total. The number of nitrogens with zero attached hydrogens (tertiary/aromatic N) is 4. The monoisotopic (exact) mass is 532 g/mol. The van der Waals surface area contributed by atoms with Crippen molar-refractivity contribution in [3.63, 3.8) is 0 Å². The highest BCUT2D eigenvalue weighted by Crippen LogP contribution is 2.42. The normalized spacial score (nSPS) is 11.9. The summed E-state index contributed by atoms with van der Waals surface area (Å²) in [5, 5.41) is 20.0. The second-order valence-electron chi connectivity index (χ2n) is 7.52. The summed E-state index contributed by atoms with van der Waals surface area (Å²) in [4.78, 5) is 11.1. The van der Waals surface area contributed by atoms with Crippen molar-refractivity contribution < 1.29 is 14.1 Å². The van der Waals surface area contributed by atoms with Crippen LogP contribution in [0.25, 0.3) is 5.69 Å². The number of aryl methyl sites for hydroxylation is 1. The lowest BCUT2D eigenvalue weighted by molar-refractivity contribution is -0.479. The number of rotatable bonds is 9. The van der Waals surface area contributed by atoms with Gasteiger partial charge in [-0.1, -0.05) is 71.4 Å². The zero-order chi connectivity index (χ0) is 24.9. The van der Waals surface area contributed by atoms with Crippen LogP contribution in [-0.4, -0.2) is 26.2 Å². The molecule has 0 bridgehead atoms. The lowest BCUT2D eigenvalue weighted by Crippen LogP contribution is -2.11. The summed E-state index contributed by atoms with van der Waals surface area (Å²) < 4.78 is 21.4. The van der Waals surface area contributed by atoms with Gasteiger partial charge in [0.1, 0.15) is 23.5 Å². The van der Waals surface area contributed by atoms with E-state index in [2.05, 4.69) is 10.2 Å². The highest BCUT2D eigenvalue weighted by molar-refractivity contribution is 7.99. The lowest BCUT2D eigenvalue weighted by atomic mass is 10.1. The average molecular weight is 533 g/mol. The number of hydrogen-bond acceptors (Lipinski definition) is 6. The van der Waals surface area contributed by atoms with Gasteiger partial charge in [0.2, 0.25) is 6.54 Å². The van der Waals surface area contributed by atoms with Crippen LogP contribution in [0, 0.1) is 22.9 Å². The van der Waals surface area contributed by atoms with Crippen molar-refractivity contribution in [2.45, 2.75) is 23.9 Å². The van der Waals surface area contributed by atoms with Gasteiger partial charge in [-0.05, 0) is 42.8 Å². The Bertz CT molecular complexity index is 1330. The van der Waals surface area contributed by atoms with Crippen molar-refractivity contribution in [2.24, 2.45) is 0 Å². The van der Waals surface area contributed by atoms with Crippen LogP contribution in [0.15, 0.2) is 71.9 Å². The zero-order valence-corrected chi connectivity index (χ0v) is 20.7. The first-order chi connectivity index (χ1) is 16.8. The first kappa shape index (κ1) is 25.0. The molecule has 0 aliphatic rings. The molecule has 0 aliphatic heterocycles. The van der Waals surface area contributed by atoms with E-state index in [4.69, 9.17) is 27.9 Å². The topological polar surface area (TPSA) is 83.1 Å². The summed E-state index contributed by atoms with van der Waals surface area (Å²) in [6.07, 6.45) is 0. The molecule has 0 saturated carbocycles. The smallest absolute Gasteiger partial charge is 0.220 e. The van der Waals surface area contributed by atoms with Crippen LogP contribution in [0.3, 0.4) is 0 Å². The van der Waals surface area contributed by atoms with Crippen molar-refractivity contribution in [2.75, 3.05) is 6.54 Å². The predicted octanol–water partition coefficient (Wildman–Crippen LogP) is 6.71. The van der Waals surface area contributed by atoms with Gasteiger partial charge in [0.25, 0.3) is 0 Å². The summed E-state index contributed by atoms with van der Waals surface area (Å²) >= 11 is 14.1. The van der Waals surface area contributed by atoms with Crippen molar-refractivity contribution in [3.8, 4) is 11.4 Å². The quantitative estimate of drug-likeness (QED) is 0.135. The van der Waals surface area contributed by atoms with E-state index in [9.17, 15) is 14.5 Å². The molecule has 1 heterocycles. The van der Waals surface area contributed by atoms with E-state index in [1.807, 2.05) is 41.8 Å². The number of thioether (sulfide) groups is 1. The molecular weight excluding hydrogens is 514 g/mol. The number of hydrogen-bond donors (Lipinski definition) is 0. The van der Waals surface area contributed by atoms with E-state index < -0.39 is 22.5 Å². The Balaban J connectivity index is 1.62. The van der Waals surface area contributed by atoms with E-state index in [1.165, 1.54) is 17.8 Å². The third-order valence-corrected chi connectivity index (χ3v) is 6.84. The fourth-order valence-electron chi connectivity index (χ4n) is 3.44. The maximum atomic E-state index is 13.9. The minimum absolute atomic E-state index is 0.0714. The Morgan fingerprint density at radius 1 is 1.09 bits per heavy atom. The van der Waals surface area contributed by atoms with Crippen LogP contribution in [0.4, 0.5) is 4.39 Å². The van der Waals surface area contributed by atoms with Gasteiger partial charge in [0.05, 0.1) is 10.0 Å². The molecule has 0 aliphatic carbocycles. The van der Waals surface area contributed by atoms with Crippen LogP contribution in [0.5, 0.6) is 5.75 Å². The van der Waals surface area contributed by atoms with Gasteiger partial charge in [-0.3, -0.25) is 14.7 Å². The van der Waals surface area contributed by atoms with Crippen LogP contribution < -0.4 is 4.74 Å². The van der Waals surface area contributed by atoms with Gasteiger partial charge in [-0.25, -0.2) is 4.39 Å². The molecule has 0 unspecified atom stereocenters. The molecule has 4 rings (SSSR count). The minimum Gasteiger partial charge on any atom is -0.486 e. The van der Waals surface area contributed by atoms with Gasteiger partial charge in [0.15, 0.2) is 10.9 Å². The molecule has 0 amide bonds. The van der Waals surface area contributed by atoms with Gasteiger partial charge in [0, 0.05) is 16.2 Å². The lowest BCUT2D eigenvalue weighted by Gasteiger charge is -2.17. The van der Waals surface area contributed by atoms with E-state index in [0.717, 1.165) is 5.69 Å². The second-order valence-corrected chi connectivity index (χ2v) is 9.50. The molecule has 35 heavy (non-hydrogen) atoms. The maximum Gasteiger partial charge on any atom is 0.220 e. The Kier molecular flexibility index (Phi) is 7.90. The standard InChI is InChI=1S/C24H19Cl2FN4O3S/c1-15-28-29-24(31(15)18-8-3-2-4-9-18)35-22(13-30(32)33)17-11-19(25)23(20(26)12-17)34-14-16-7-5-6-10-21(16)27/h2-12,22H,13-14H2,1H3/t22-/m0/s1. The molecule has 3 aromatic carbocycles. The van der Waals surface area contributed by atoms with E-state index in [1.54, 1.807) is 30.3 Å². The average Bonchev–Trinajstić information content (AvgIpc) is 3.19. The van der Waals surface area contributed by atoms with E-state index >= 15 is 0 Å². The van der Waals surface area contributed by atoms with Gasteiger partial charge >= 0.3 is 0 Å². The van der Waals surface area contributed by atoms with Crippen molar-refractivity contribution in [3.05, 3.63) is 110 Å². The Morgan fingerprint density at radius 3 is 2.40 bits per heavy atom. The number of halogens is 3. The van der Waals surface area contributed by atoms with Crippen LogP contribution >= 0.6 is 35.0 Å². The number of ether oxygens (including phenoxy) is 1. The number of para-hydroxylation sites is 1. The van der Waals surface area contributed by atoms with Gasteiger partial charge < -0.3 is 4.74 Å². The Labute approximate surface area is 215 Å². The zero-order valence-electron chi connectivity index (χ0n) is 18.4. The molecule has 11 heteroatoms. The third-order valence-electron chi connectivity index (χ3n) is 5.09. The predicted molar refractivity (Wildman–Crippen MR) is 134 cm³/mol. The minimum atomic E-state index is -0.660. The summed E-state index contributed by atoms with van der Waals surface area (Å²) in [6.45, 7) is 1.34. The maximum absolute atomic E-state index is 13.9. The highest BCUT2D eigenvalue weighted by Gasteiger charge is 2.26. The third kappa shape index (κ3) is 5.93. The Hall–Kier alpha value is -3.14. The van der Waals surface area contributed by atoms with Crippen LogP contribution in [0.2, 0.25) is 10.0 Å². The van der Waals surface area contributed by atoms with Crippen molar-refractivity contribution in [1.29, 1.82) is 0 Å². The number of aromatic nitrogens is 3. The number of nitro groups is 1. The first-order valence-corrected chi connectivity index (χ1v) is 12.1. The fourth-order valence-corrected chi connectivity index (χ4v) is 5.20. The van der Waals surface area contributed by atoms with E-state index in [0.29, 0.717) is 22.1 Å². The van der Waals surface area contributed by atoms with Crippen LogP contribution in [0.1, 0.15) is 22.2 Å². The molecule has 1 atom stereocenters. The highest BCUT2D eigenvalue weighted by atomic mass is 35.5. The summed E-state index contributed by atoms with van der Waals surface area (Å²) in [7, 11) is 0. The molecular formula is C24H19Cl2FN4O3S. The summed E-state index contributed by atoms with van der Waals surface area (Å²) in [5.41, 5.74) is 1.71. The summed E-state index contributed by atoms with van der Waals surface area (Å²) in [6, 6.07) is 18.8. The SMILES string of the molecule is Cc1nnc(S[C@@H](C[N+](=O)[O-])c2cc(Cl)c(OCc3ccccc3F)c(Cl)c2)n1-c1ccccc1. The molecule has 180 valence electrons.